The Kier molecular flexibility index (Phi) is 3.85. The minimum absolute atomic E-state index is 0.261. The van der Waals surface area contributed by atoms with Crippen molar-refractivity contribution < 1.29 is 0 Å². The van der Waals surface area contributed by atoms with Crippen LogP contribution in [-0.4, -0.2) is 19.1 Å². The third-order valence-electron chi connectivity index (χ3n) is 3.44. The second-order valence-corrected chi connectivity index (χ2v) is 4.92. The standard InChI is InChI=1S/C15H22N2/c1-3-17(11-13-6-7-14(16)10-13)15-8-4-12(2)5-9-15/h4-9,13-14H,3,10-11,16H2,1-2H3. The second kappa shape index (κ2) is 5.37. The maximum atomic E-state index is 5.90. The molecule has 0 heterocycles. The van der Waals surface area contributed by atoms with Crippen LogP contribution in [0.15, 0.2) is 36.4 Å². The zero-order valence-corrected chi connectivity index (χ0v) is 10.8. The number of hydrogen-bond donors (Lipinski definition) is 1. The van der Waals surface area contributed by atoms with Gasteiger partial charge in [-0.1, -0.05) is 29.8 Å². The highest BCUT2D eigenvalue weighted by molar-refractivity contribution is 5.47. The number of aryl methyl sites for hydroxylation is 1. The first-order valence-corrected chi connectivity index (χ1v) is 6.44. The van der Waals surface area contributed by atoms with E-state index in [1.807, 2.05) is 0 Å². The van der Waals surface area contributed by atoms with Crippen LogP contribution >= 0.6 is 0 Å². The van der Waals surface area contributed by atoms with Crippen molar-refractivity contribution in [1.82, 2.24) is 0 Å². The van der Waals surface area contributed by atoms with Gasteiger partial charge in [0.1, 0.15) is 0 Å². The predicted molar refractivity (Wildman–Crippen MR) is 74.3 cm³/mol. The molecule has 0 bridgehead atoms. The fourth-order valence-corrected chi connectivity index (χ4v) is 2.40. The Morgan fingerprint density at radius 2 is 1.94 bits per heavy atom. The van der Waals surface area contributed by atoms with E-state index in [1.165, 1.54) is 11.3 Å². The summed E-state index contributed by atoms with van der Waals surface area (Å²) in [5.41, 5.74) is 8.52. The van der Waals surface area contributed by atoms with Gasteiger partial charge in [0, 0.05) is 24.8 Å². The molecule has 2 N–H and O–H groups in total. The lowest BCUT2D eigenvalue weighted by Crippen LogP contribution is -2.29. The Hall–Kier alpha value is -1.28. The van der Waals surface area contributed by atoms with E-state index < -0.39 is 0 Å². The number of nitrogens with two attached hydrogens (primary N) is 1. The number of hydrogen-bond acceptors (Lipinski definition) is 2. The Balaban J connectivity index is 2.01. The van der Waals surface area contributed by atoms with Gasteiger partial charge in [0.05, 0.1) is 0 Å². The predicted octanol–water partition coefficient (Wildman–Crippen LogP) is 2.72. The molecule has 0 aromatic heterocycles. The van der Waals surface area contributed by atoms with Crippen LogP contribution in [0.2, 0.25) is 0 Å². The van der Waals surface area contributed by atoms with Gasteiger partial charge < -0.3 is 10.6 Å². The molecule has 92 valence electrons. The van der Waals surface area contributed by atoms with Crippen molar-refractivity contribution in [3.63, 3.8) is 0 Å². The van der Waals surface area contributed by atoms with Gasteiger partial charge >= 0.3 is 0 Å². The topological polar surface area (TPSA) is 29.3 Å². The molecular formula is C15H22N2. The molecule has 0 aliphatic heterocycles. The van der Waals surface area contributed by atoms with Crippen molar-refractivity contribution in [2.45, 2.75) is 26.3 Å². The van der Waals surface area contributed by atoms with E-state index in [0.29, 0.717) is 5.92 Å². The molecule has 0 radical (unpaired) electrons. The lowest BCUT2D eigenvalue weighted by atomic mass is 10.1. The highest BCUT2D eigenvalue weighted by Gasteiger charge is 2.18. The highest BCUT2D eigenvalue weighted by Crippen LogP contribution is 2.22. The van der Waals surface area contributed by atoms with E-state index in [9.17, 15) is 0 Å². The first-order valence-electron chi connectivity index (χ1n) is 6.44. The lowest BCUT2D eigenvalue weighted by molar-refractivity contribution is 0.575. The van der Waals surface area contributed by atoms with Crippen molar-refractivity contribution >= 4 is 5.69 Å². The van der Waals surface area contributed by atoms with Crippen LogP contribution in [0.1, 0.15) is 18.9 Å². The number of rotatable bonds is 4. The Labute approximate surface area is 104 Å². The summed E-state index contributed by atoms with van der Waals surface area (Å²) in [6.45, 7) is 6.45. The zero-order valence-electron chi connectivity index (χ0n) is 10.8. The van der Waals surface area contributed by atoms with Crippen LogP contribution in [-0.2, 0) is 0 Å². The van der Waals surface area contributed by atoms with Crippen LogP contribution in [0.5, 0.6) is 0 Å². The molecule has 0 saturated carbocycles. The van der Waals surface area contributed by atoms with Gasteiger partial charge in [-0.15, -0.1) is 0 Å². The van der Waals surface area contributed by atoms with Crippen molar-refractivity contribution in [1.29, 1.82) is 0 Å². The van der Waals surface area contributed by atoms with Gasteiger partial charge in [-0.3, -0.25) is 0 Å². The fourth-order valence-electron chi connectivity index (χ4n) is 2.40. The fraction of sp³-hybridized carbons (Fsp3) is 0.467. The zero-order chi connectivity index (χ0) is 12.3. The molecule has 2 atom stereocenters. The Morgan fingerprint density at radius 1 is 1.24 bits per heavy atom. The first-order chi connectivity index (χ1) is 8.19. The SMILES string of the molecule is CCN(CC1C=CC(N)C1)c1ccc(C)cc1. The third-order valence-corrected chi connectivity index (χ3v) is 3.44. The van der Waals surface area contributed by atoms with Crippen LogP contribution in [0.4, 0.5) is 5.69 Å². The van der Waals surface area contributed by atoms with E-state index in [2.05, 4.69) is 55.2 Å². The Bertz CT molecular complexity index is 380. The molecule has 2 unspecified atom stereocenters. The van der Waals surface area contributed by atoms with Crippen molar-refractivity contribution in [3.05, 3.63) is 42.0 Å². The maximum Gasteiger partial charge on any atom is 0.0366 e. The number of anilines is 1. The second-order valence-electron chi connectivity index (χ2n) is 4.92. The highest BCUT2D eigenvalue weighted by atomic mass is 15.1. The van der Waals surface area contributed by atoms with Gasteiger partial charge in [0.15, 0.2) is 0 Å². The molecule has 2 heteroatoms. The number of nitrogens with zero attached hydrogens (tertiary/aromatic N) is 1. The third kappa shape index (κ3) is 3.10. The molecule has 0 saturated heterocycles. The lowest BCUT2D eigenvalue weighted by Gasteiger charge is -2.26. The molecular weight excluding hydrogens is 208 g/mol. The molecule has 0 spiro atoms. The molecule has 1 aliphatic carbocycles. The summed E-state index contributed by atoms with van der Waals surface area (Å²) in [4.78, 5) is 2.42. The van der Waals surface area contributed by atoms with Crippen molar-refractivity contribution in [3.8, 4) is 0 Å². The quantitative estimate of drug-likeness (QED) is 0.806. The van der Waals surface area contributed by atoms with Crippen LogP contribution in [0, 0.1) is 12.8 Å². The van der Waals surface area contributed by atoms with Crippen LogP contribution in [0.3, 0.4) is 0 Å². The van der Waals surface area contributed by atoms with E-state index >= 15 is 0 Å². The Morgan fingerprint density at radius 3 is 2.47 bits per heavy atom. The molecule has 1 aromatic carbocycles. The van der Waals surface area contributed by atoms with Crippen LogP contribution < -0.4 is 10.6 Å². The molecule has 1 aliphatic rings. The number of benzene rings is 1. The van der Waals surface area contributed by atoms with Crippen molar-refractivity contribution in [2.75, 3.05) is 18.0 Å². The largest absolute Gasteiger partial charge is 0.371 e. The average Bonchev–Trinajstić information content (AvgIpc) is 2.73. The van der Waals surface area contributed by atoms with Gasteiger partial charge in [-0.05, 0) is 38.3 Å². The molecule has 0 amide bonds. The summed E-state index contributed by atoms with van der Waals surface area (Å²) >= 11 is 0. The van der Waals surface area contributed by atoms with Crippen molar-refractivity contribution in [2.24, 2.45) is 11.7 Å². The molecule has 0 fully saturated rings. The van der Waals surface area contributed by atoms with Gasteiger partial charge in [0.25, 0.3) is 0 Å². The summed E-state index contributed by atoms with van der Waals surface area (Å²) in [6.07, 6.45) is 5.48. The minimum atomic E-state index is 0.261. The van der Waals surface area contributed by atoms with Gasteiger partial charge in [-0.25, -0.2) is 0 Å². The average molecular weight is 230 g/mol. The summed E-state index contributed by atoms with van der Waals surface area (Å²) in [5, 5.41) is 0. The molecule has 1 aromatic rings. The van der Waals surface area contributed by atoms with E-state index in [-0.39, 0.29) is 6.04 Å². The minimum Gasteiger partial charge on any atom is -0.371 e. The maximum absolute atomic E-state index is 5.90. The summed E-state index contributed by atoms with van der Waals surface area (Å²) in [6, 6.07) is 9.02. The van der Waals surface area contributed by atoms with Crippen LogP contribution in [0.25, 0.3) is 0 Å². The van der Waals surface area contributed by atoms with E-state index in [0.717, 1.165) is 19.5 Å². The van der Waals surface area contributed by atoms with Gasteiger partial charge in [0.2, 0.25) is 0 Å². The summed E-state index contributed by atoms with van der Waals surface area (Å²) < 4.78 is 0. The summed E-state index contributed by atoms with van der Waals surface area (Å²) in [7, 11) is 0. The molecule has 2 rings (SSSR count). The molecule has 17 heavy (non-hydrogen) atoms. The smallest absolute Gasteiger partial charge is 0.0366 e. The summed E-state index contributed by atoms with van der Waals surface area (Å²) in [5.74, 6) is 0.603. The molecule has 2 nitrogen and oxygen atoms in total. The van der Waals surface area contributed by atoms with Gasteiger partial charge in [-0.2, -0.15) is 0 Å². The monoisotopic (exact) mass is 230 g/mol. The van der Waals surface area contributed by atoms with E-state index in [4.69, 9.17) is 5.73 Å². The normalized spacial score (nSPS) is 23.0. The first kappa shape index (κ1) is 12.2. The van der Waals surface area contributed by atoms with E-state index in [1.54, 1.807) is 0 Å².